The first-order valence-corrected chi connectivity index (χ1v) is 7.56. The van der Waals surface area contributed by atoms with Crippen LogP contribution in [0.2, 0.25) is 0 Å². The highest BCUT2D eigenvalue weighted by Gasteiger charge is 2.17. The molecule has 0 atom stereocenters. The highest BCUT2D eigenvalue weighted by molar-refractivity contribution is 5.38. The largest absolute Gasteiger partial charge is 0.317 e. The third-order valence-corrected chi connectivity index (χ3v) is 4.84. The number of likely N-dealkylation sites (N-methyl/N-ethyl adjacent to an activating group) is 1. The maximum absolute atomic E-state index is 3.44. The molecule has 2 nitrogen and oxygen atoms in total. The lowest BCUT2D eigenvalue weighted by Gasteiger charge is -2.31. The number of aryl methyl sites for hydroxylation is 1. The van der Waals surface area contributed by atoms with Crippen LogP contribution in [0.5, 0.6) is 0 Å². The lowest BCUT2D eigenvalue weighted by Crippen LogP contribution is -2.41. The fraction of sp³-hybridized carbons (Fsp3) is 0.647. The average Bonchev–Trinajstić information content (AvgIpc) is 2.45. The van der Waals surface area contributed by atoms with E-state index in [0.717, 1.165) is 6.04 Å². The van der Waals surface area contributed by atoms with E-state index in [1.807, 2.05) is 0 Å². The Morgan fingerprint density at radius 2 is 1.79 bits per heavy atom. The van der Waals surface area contributed by atoms with Crippen molar-refractivity contribution >= 4 is 0 Å². The molecule has 106 valence electrons. The SMILES string of the molecule is Cc1ccc(CCN(C)C2CCNCC2)c(C)c1C. The van der Waals surface area contributed by atoms with Crippen molar-refractivity contribution in [1.29, 1.82) is 0 Å². The van der Waals surface area contributed by atoms with E-state index < -0.39 is 0 Å². The molecule has 0 unspecified atom stereocenters. The van der Waals surface area contributed by atoms with Gasteiger partial charge < -0.3 is 10.2 Å². The average molecular weight is 260 g/mol. The highest BCUT2D eigenvalue weighted by atomic mass is 15.1. The molecule has 2 heteroatoms. The molecule has 1 fully saturated rings. The van der Waals surface area contributed by atoms with Crippen molar-refractivity contribution < 1.29 is 0 Å². The fourth-order valence-electron chi connectivity index (χ4n) is 3.01. The van der Waals surface area contributed by atoms with E-state index in [2.05, 4.69) is 50.2 Å². The van der Waals surface area contributed by atoms with Crippen LogP contribution < -0.4 is 5.32 Å². The minimum Gasteiger partial charge on any atom is -0.317 e. The molecule has 0 bridgehead atoms. The quantitative estimate of drug-likeness (QED) is 0.895. The molecule has 0 amide bonds. The summed E-state index contributed by atoms with van der Waals surface area (Å²) in [6.45, 7) is 10.2. The zero-order valence-corrected chi connectivity index (χ0v) is 12.9. The molecule has 0 radical (unpaired) electrons. The van der Waals surface area contributed by atoms with E-state index in [-0.39, 0.29) is 0 Å². The van der Waals surface area contributed by atoms with Crippen molar-refractivity contribution in [2.45, 2.75) is 46.1 Å². The van der Waals surface area contributed by atoms with E-state index in [4.69, 9.17) is 0 Å². The topological polar surface area (TPSA) is 15.3 Å². The summed E-state index contributed by atoms with van der Waals surface area (Å²) in [4.78, 5) is 2.55. The van der Waals surface area contributed by atoms with Crippen LogP contribution in [0.3, 0.4) is 0 Å². The highest BCUT2D eigenvalue weighted by Crippen LogP contribution is 2.18. The van der Waals surface area contributed by atoms with Crippen LogP contribution in [0.4, 0.5) is 0 Å². The number of hydrogen-bond donors (Lipinski definition) is 1. The van der Waals surface area contributed by atoms with Crippen LogP contribution in [0.25, 0.3) is 0 Å². The zero-order chi connectivity index (χ0) is 13.8. The molecule has 2 rings (SSSR count). The molecular formula is C17H28N2. The second kappa shape index (κ2) is 6.53. The van der Waals surface area contributed by atoms with Gasteiger partial charge in [0.15, 0.2) is 0 Å². The summed E-state index contributed by atoms with van der Waals surface area (Å²) in [5.41, 5.74) is 5.87. The third-order valence-electron chi connectivity index (χ3n) is 4.84. The number of nitrogens with one attached hydrogen (secondary N) is 1. The summed E-state index contributed by atoms with van der Waals surface area (Å²) in [5, 5.41) is 3.44. The van der Waals surface area contributed by atoms with Gasteiger partial charge in [-0.2, -0.15) is 0 Å². The zero-order valence-electron chi connectivity index (χ0n) is 12.9. The van der Waals surface area contributed by atoms with Gasteiger partial charge in [-0.1, -0.05) is 12.1 Å². The molecule has 0 saturated carbocycles. The van der Waals surface area contributed by atoms with Crippen molar-refractivity contribution in [3.8, 4) is 0 Å². The third kappa shape index (κ3) is 3.58. The van der Waals surface area contributed by atoms with Gasteiger partial charge in [0.25, 0.3) is 0 Å². The van der Waals surface area contributed by atoms with Crippen molar-refractivity contribution in [2.75, 3.05) is 26.7 Å². The molecule has 0 aromatic heterocycles. The summed E-state index contributed by atoms with van der Waals surface area (Å²) in [6, 6.07) is 5.35. The monoisotopic (exact) mass is 260 g/mol. The van der Waals surface area contributed by atoms with E-state index in [1.165, 1.54) is 61.2 Å². The van der Waals surface area contributed by atoms with Gasteiger partial charge >= 0.3 is 0 Å². The number of benzene rings is 1. The van der Waals surface area contributed by atoms with Crippen LogP contribution in [-0.2, 0) is 6.42 Å². The van der Waals surface area contributed by atoms with Gasteiger partial charge in [0.05, 0.1) is 0 Å². The van der Waals surface area contributed by atoms with Gasteiger partial charge in [0.2, 0.25) is 0 Å². The summed E-state index contributed by atoms with van der Waals surface area (Å²) in [5.74, 6) is 0. The molecule has 0 aliphatic carbocycles. The van der Waals surface area contributed by atoms with Crippen molar-refractivity contribution in [3.05, 3.63) is 34.4 Å². The van der Waals surface area contributed by atoms with Gasteiger partial charge in [-0.05, 0) is 82.4 Å². The van der Waals surface area contributed by atoms with Crippen LogP contribution in [0.1, 0.15) is 35.1 Å². The van der Waals surface area contributed by atoms with Crippen LogP contribution in [-0.4, -0.2) is 37.6 Å². The van der Waals surface area contributed by atoms with Crippen LogP contribution in [0, 0.1) is 20.8 Å². The molecule has 1 aliphatic heterocycles. The predicted octanol–water partition coefficient (Wildman–Crippen LogP) is 2.84. The predicted molar refractivity (Wildman–Crippen MR) is 82.9 cm³/mol. The Hall–Kier alpha value is -0.860. The first kappa shape index (κ1) is 14.5. The standard InChI is InChI=1S/C17H28N2/c1-13-5-6-16(15(3)14(13)2)9-12-19(4)17-7-10-18-11-8-17/h5-6,17-18H,7-12H2,1-4H3. The second-order valence-electron chi connectivity index (χ2n) is 6.00. The van der Waals surface area contributed by atoms with Crippen molar-refractivity contribution in [3.63, 3.8) is 0 Å². The van der Waals surface area contributed by atoms with E-state index in [0.29, 0.717) is 0 Å². The Bertz CT molecular complexity index is 420. The smallest absolute Gasteiger partial charge is 0.0116 e. The van der Waals surface area contributed by atoms with Gasteiger partial charge in [-0.3, -0.25) is 0 Å². The number of piperidine rings is 1. The van der Waals surface area contributed by atoms with Crippen LogP contribution >= 0.6 is 0 Å². The van der Waals surface area contributed by atoms with E-state index in [9.17, 15) is 0 Å². The Morgan fingerprint density at radius 1 is 1.11 bits per heavy atom. The minimum absolute atomic E-state index is 0.771. The van der Waals surface area contributed by atoms with Crippen molar-refractivity contribution in [1.82, 2.24) is 10.2 Å². The van der Waals surface area contributed by atoms with Crippen molar-refractivity contribution in [2.24, 2.45) is 0 Å². The molecule has 1 aromatic rings. The maximum Gasteiger partial charge on any atom is 0.0116 e. The van der Waals surface area contributed by atoms with Gasteiger partial charge in [0.1, 0.15) is 0 Å². The number of rotatable bonds is 4. The normalized spacial score (nSPS) is 17.1. The molecule has 19 heavy (non-hydrogen) atoms. The molecule has 1 N–H and O–H groups in total. The van der Waals surface area contributed by atoms with Gasteiger partial charge in [0, 0.05) is 12.6 Å². The fourth-order valence-corrected chi connectivity index (χ4v) is 3.01. The second-order valence-corrected chi connectivity index (χ2v) is 6.00. The first-order chi connectivity index (χ1) is 9.09. The van der Waals surface area contributed by atoms with E-state index >= 15 is 0 Å². The lowest BCUT2D eigenvalue weighted by atomic mass is 9.96. The molecular weight excluding hydrogens is 232 g/mol. The maximum atomic E-state index is 3.44. The lowest BCUT2D eigenvalue weighted by molar-refractivity contribution is 0.201. The number of hydrogen-bond acceptors (Lipinski definition) is 2. The molecule has 1 saturated heterocycles. The Kier molecular flexibility index (Phi) is 5.00. The molecule has 1 heterocycles. The summed E-state index contributed by atoms with van der Waals surface area (Å²) >= 11 is 0. The molecule has 1 aromatic carbocycles. The summed E-state index contributed by atoms with van der Waals surface area (Å²) in [7, 11) is 2.28. The Morgan fingerprint density at radius 3 is 2.47 bits per heavy atom. The molecule has 0 spiro atoms. The van der Waals surface area contributed by atoms with Gasteiger partial charge in [-0.25, -0.2) is 0 Å². The Balaban J connectivity index is 1.93. The first-order valence-electron chi connectivity index (χ1n) is 7.56. The Labute approximate surface area is 118 Å². The number of nitrogens with zero attached hydrogens (tertiary/aromatic N) is 1. The van der Waals surface area contributed by atoms with Gasteiger partial charge in [-0.15, -0.1) is 0 Å². The summed E-state index contributed by atoms with van der Waals surface area (Å²) in [6.07, 6.45) is 3.76. The molecule has 1 aliphatic rings. The van der Waals surface area contributed by atoms with E-state index in [1.54, 1.807) is 0 Å². The van der Waals surface area contributed by atoms with Crippen LogP contribution in [0.15, 0.2) is 12.1 Å². The minimum atomic E-state index is 0.771. The summed E-state index contributed by atoms with van der Waals surface area (Å²) < 4.78 is 0.